The van der Waals surface area contributed by atoms with Gasteiger partial charge in [0.2, 0.25) is 5.91 Å². The first-order chi connectivity index (χ1) is 14.7. The Morgan fingerprint density at radius 1 is 0.867 bits per heavy atom. The van der Waals surface area contributed by atoms with Crippen LogP contribution in [0, 0.1) is 0 Å². The summed E-state index contributed by atoms with van der Waals surface area (Å²) in [5.41, 5.74) is 3.41. The fourth-order valence-electron chi connectivity index (χ4n) is 4.15. The van der Waals surface area contributed by atoms with Crippen LogP contribution in [0.25, 0.3) is 32.7 Å². The highest BCUT2D eigenvalue weighted by Gasteiger charge is 2.13. The number of aromatic nitrogens is 2. The van der Waals surface area contributed by atoms with Crippen molar-refractivity contribution in [3.05, 3.63) is 89.2 Å². The van der Waals surface area contributed by atoms with Crippen LogP contribution in [-0.2, 0) is 17.9 Å². The highest BCUT2D eigenvalue weighted by atomic mass is 16.2. The molecular weight excluding hydrogens is 374 g/mol. The highest BCUT2D eigenvalue weighted by molar-refractivity contribution is 5.98. The fourth-order valence-corrected chi connectivity index (χ4v) is 4.15. The first-order valence-corrected chi connectivity index (χ1v) is 10.0. The number of benzene rings is 3. The molecule has 30 heavy (non-hydrogen) atoms. The smallest absolute Gasteiger partial charge is 0.244 e. The molecule has 0 saturated heterocycles. The van der Waals surface area contributed by atoms with Gasteiger partial charge < -0.3 is 14.5 Å². The van der Waals surface area contributed by atoms with Crippen LogP contribution in [0.4, 0.5) is 5.69 Å². The van der Waals surface area contributed by atoms with Crippen molar-refractivity contribution in [2.24, 2.45) is 0 Å². The van der Waals surface area contributed by atoms with E-state index >= 15 is 0 Å². The minimum atomic E-state index is -0.136. The van der Waals surface area contributed by atoms with Gasteiger partial charge in [0.25, 0.3) is 0 Å². The third-order valence-corrected chi connectivity index (χ3v) is 5.58. The average Bonchev–Trinajstić information content (AvgIpc) is 3.19. The van der Waals surface area contributed by atoms with Crippen molar-refractivity contribution in [2.75, 3.05) is 5.32 Å². The maximum Gasteiger partial charge on any atom is 0.244 e. The Hall–Kier alpha value is -3.86. The molecule has 2 aromatic heterocycles. The van der Waals surface area contributed by atoms with Gasteiger partial charge in [0, 0.05) is 40.1 Å². The lowest BCUT2D eigenvalue weighted by atomic mass is 10.1. The molecule has 0 radical (unpaired) electrons. The summed E-state index contributed by atoms with van der Waals surface area (Å²) < 4.78 is 4.08. The number of carbonyl (C=O) groups excluding carboxylic acids is 1. The van der Waals surface area contributed by atoms with E-state index in [0.29, 0.717) is 10.8 Å². The first kappa shape index (κ1) is 18.2. The Morgan fingerprint density at radius 3 is 2.20 bits per heavy atom. The Bertz CT molecular complexity index is 1420. The molecule has 0 unspecified atom stereocenters. The Labute approximate surface area is 173 Å². The van der Waals surface area contributed by atoms with Crippen molar-refractivity contribution in [3.8, 4) is 0 Å². The van der Waals surface area contributed by atoms with Gasteiger partial charge in [0.15, 0.2) is 5.43 Å². The van der Waals surface area contributed by atoms with Crippen LogP contribution in [0.2, 0.25) is 0 Å². The quantitative estimate of drug-likeness (QED) is 0.446. The standard InChI is InChI=1S/C25H21N3O2/c1-2-27-14-13-17-15-18(11-12-21(17)27)26-24(29)16-28-22-9-5-3-7-19(22)25(30)20-8-4-6-10-23(20)28/h3-15H,2,16H2,1H3,(H,26,29). The van der Waals surface area contributed by atoms with Gasteiger partial charge in [-0.15, -0.1) is 0 Å². The monoisotopic (exact) mass is 395 g/mol. The molecule has 2 heterocycles. The van der Waals surface area contributed by atoms with E-state index in [-0.39, 0.29) is 17.9 Å². The molecule has 148 valence electrons. The zero-order valence-corrected chi connectivity index (χ0v) is 16.6. The molecule has 0 spiro atoms. The van der Waals surface area contributed by atoms with Crippen molar-refractivity contribution in [1.29, 1.82) is 0 Å². The maximum absolute atomic E-state index is 12.9. The Balaban J connectivity index is 1.53. The second-order valence-electron chi connectivity index (χ2n) is 7.37. The summed E-state index contributed by atoms with van der Waals surface area (Å²) in [6.07, 6.45) is 2.05. The molecule has 0 aliphatic rings. The Kier molecular flexibility index (Phi) is 4.36. The molecular formula is C25H21N3O2. The Morgan fingerprint density at radius 2 is 1.53 bits per heavy atom. The molecule has 5 aromatic rings. The van der Waals surface area contributed by atoms with Gasteiger partial charge in [-0.05, 0) is 55.5 Å². The van der Waals surface area contributed by atoms with E-state index in [4.69, 9.17) is 0 Å². The van der Waals surface area contributed by atoms with Crippen molar-refractivity contribution in [2.45, 2.75) is 20.0 Å². The predicted molar refractivity (Wildman–Crippen MR) is 122 cm³/mol. The van der Waals surface area contributed by atoms with Crippen LogP contribution in [0.3, 0.4) is 0 Å². The number of aryl methyl sites for hydroxylation is 1. The van der Waals surface area contributed by atoms with E-state index in [0.717, 1.165) is 34.2 Å². The molecule has 3 aromatic carbocycles. The average molecular weight is 395 g/mol. The highest BCUT2D eigenvalue weighted by Crippen LogP contribution is 2.22. The summed E-state index contributed by atoms with van der Waals surface area (Å²) in [5.74, 6) is -0.136. The molecule has 0 aliphatic carbocycles. The number of hydrogen-bond donors (Lipinski definition) is 1. The molecule has 0 fully saturated rings. The largest absolute Gasteiger partial charge is 0.348 e. The molecule has 5 heteroatoms. The zero-order valence-electron chi connectivity index (χ0n) is 16.6. The lowest BCUT2D eigenvalue weighted by Crippen LogP contribution is -2.21. The SMILES string of the molecule is CCn1ccc2cc(NC(=O)Cn3c4ccccc4c(=O)c4ccccc43)ccc21. The van der Waals surface area contributed by atoms with Crippen LogP contribution in [-0.4, -0.2) is 15.0 Å². The molecule has 0 atom stereocenters. The summed E-state index contributed by atoms with van der Waals surface area (Å²) >= 11 is 0. The number of pyridine rings is 1. The van der Waals surface area contributed by atoms with Crippen LogP contribution in [0.15, 0.2) is 83.8 Å². The molecule has 0 saturated carbocycles. The molecule has 0 bridgehead atoms. The number of amides is 1. The van der Waals surface area contributed by atoms with Crippen LogP contribution < -0.4 is 10.7 Å². The predicted octanol–water partition coefficient (Wildman–Crippen LogP) is 4.77. The number of nitrogens with zero attached hydrogens (tertiary/aromatic N) is 2. The third kappa shape index (κ3) is 2.95. The van der Waals surface area contributed by atoms with E-state index in [9.17, 15) is 9.59 Å². The van der Waals surface area contributed by atoms with Crippen molar-refractivity contribution >= 4 is 44.3 Å². The third-order valence-electron chi connectivity index (χ3n) is 5.58. The van der Waals surface area contributed by atoms with Crippen LogP contribution in [0.1, 0.15) is 6.92 Å². The van der Waals surface area contributed by atoms with E-state index in [1.54, 1.807) is 0 Å². The molecule has 0 aliphatic heterocycles. The van der Waals surface area contributed by atoms with Crippen molar-refractivity contribution in [3.63, 3.8) is 0 Å². The number of para-hydroxylation sites is 2. The minimum Gasteiger partial charge on any atom is -0.348 e. The number of carbonyl (C=O) groups is 1. The summed E-state index contributed by atoms with van der Waals surface area (Å²) in [5, 5.41) is 5.33. The van der Waals surface area contributed by atoms with Gasteiger partial charge in [-0.1, -0.05) is 24.3 Å². The number of fused-ring (bicyclic) bond motifs is 3. The van der Waals surface area contributed by atoms with E-state index in [1.165, 1.54) is 0 Å². The number of anilines is 1. The molecule has 5 rings (SSSR count). The van der Waals surface area contributed by atoms with Crippen LogP contribution >= 0.6 is 0 Å². The number of nitrogens with one attached hydrogen (secondary N) is 1. The topological polar surface area (TPSA) is 56.0 Å². The van der Waals surface area contributed by atoms with Crippen LogP contribution in [0.5, 0.6) is 0 Å². The van der Waals surface area contributed by atoms with E-state index in [2.05, 4.69) is 29.1 Å². The minimum absolute atomic E-state index is 0.0104. The fraction of sp³-hybridized carbons (Fsp3) is 0.120. The van der Waals surface area contributed by atoms with Gasteiger partial charge in [-0.3, -0.25) is 9.59 Å². The second kappa shape index (κ2) is 7.19. The van der Waals surface area contributed by atoms with E-state index < -0.39 is 0 Å². The summed E-state index contributed by atoms with van der Waals surface area (Å²) in [7, 11) is 0. The zero-order chi connectivity index (χ0) is 20.7. The van der Waals surface area contributed by atoms with Gasteiger partial charge >= 0.3 is 0 Å². The summed E-state index contributed by atoms with van der Waals surface area (Å²) in [6.45, 7) is 3.13. The van der Waals surface area contributed by atoms with Gasteiger partial charge in [-0.25, -0.2) is 0 Å². The van der Waals surface area contributed by atoms with Gasteiger partial charge in [0.05, 0.1) is 11.0 Å². The van der Waals surface area contributed by atoms with E-state index in [1.807, 2.05) is 71.3 Å². The normalized spacial score (nSPS) is 11.4. The lowest BCUT2D eigenvalue weighted by Gasteiger charge is -2.15. The summed E-state index contributed by atoms with van der Waals surface area (Å²) in [4.78, 5) is 25.8. The second-order valence-corrected chi connectivity index (χ2v) is 7.37. The molecule has 5 nitrogen and oxygen atoms in total. The number of hydrogen-bond acceptors (Lipinski definition) is 2. The van der Waals surface area contributed by atoms with Crippen molar-refractivity contribution in [1.82, 2.24) is 9.13 Å². The van der Waals surface area contributed by atoms with Crippen molar-refractivity contribution < 1.29 is 4.79 Å². The first-order valence-electron chi connectivity index (χ1n) is 10.0. The molecule has 1 amide bonds. The molecule has 1 N–H and O–H groups in total. The van der Waals surface area contributed by atoms with Gasteiger partial charge in [-0.2, -0.15) is 0 Å². The maximum atomic E-state index is 12.9. The lowest BCUT2D eigenvalue weighted by molar-refractivity contribution is -0.116. The summed E-state index contributed by atoms with van der Waals surface area (Å²) in [6, 6.07) is 22.8. The van der Waals surface area contributed by atoms with Gasteiger partial charge in [0.1, 0.15) is 6.54 Å². The number of rotatable bonds is 4.